The van der Waals surface area contributed by atoms with Crippen molar-refractivity contribution in [2.45, 2.75) is 0 Å². The van der Waals surface area contributed by atoms with Crippen LogP contribution < -0.4 is 9.80 Å². The number of nitrogens with zero attached hydrogens (tertiary/aromatic N) is 3. The summed E-state index contributed by atoms with van der Waals surface area (Å²) >= 11 is 0. The van der Waals surface area contributed by atoms with Crippen LogP contribution in [0.4, 0.5) is 34.1 Å². The number of benzene rings is 8. The molecule has 8 aromatic carbocycles. The lowest BCUT2D eigenvalue weighted by Gasteiger charge is -2.29. The molecule has 0 N–H and O–H groups in total. The maximum absolute atomic E-state index is 6.72. The Kier molecular flexibility index (Phi) is 7.07. The first-order valence-corrected chi connectivity index (χ1v) is 18.3. The van der Waals surface area contributed by atoms with Crippen molar-refractivity contribution < 1.29 is 13.3 Å². The molecule has 55 heavy (non-hydrogen) atoms. The highest BCUT2D eigenvalue weighted by molar-refractivity contribution is 6.09. The molecule has 6 heteroatoms. The lowest BCUT2D eigenvalue weighted by Crippen LogP contribution is -2.13. The van der Waals surface area contributed by atoms with E-state index < -0.39 is 0 Å². The first-order valence-electron chi connectivity index (χ1n) is 18.3. The average molecular weight is 710 g/mol. The van der Waals surface area contributed by atoms with E-state index in [2.05, 4.69) is 125 Å². The quantitative estimate of drug-likeness (QED) is 0.164. The zero-order chi connectivity index (χ0) is 36.3. The highest BCUT2D eigenvalue weighted by Crippen LogP contribution is 2.47. The number of anilines is 6. The van der Waals surface area contributed by atoms with Gasteiger partial charge in [-0.15, -0.1) is 0 Å². The van der Waals surface area contributed by atoms with Gasteiger partial charge in [-0.2, -0.15) is 0 Å². The van der Waals surface area contributed by atoms with Gasteiger partial charge >= 0.3 is 0 Å². The fraction of sp³-hybridized carbons (Fsp3) is 0. The van der Waals surface area contributed by atoms with Crippen molar-refractivity contribution >= 4 is 89.1 Å². The topological polar surface area (TPSA) is 58.8 Å². The molecular formula is C49H31N3O3. The van der Waals surface area contributed by atoms with Crippen molar-refractivity contribution in [3.8, 4) is 11.5 Å². The molecule has 0 unspecified atom stereocenters. The Labute approximate surface area is 315 Å². The second kappa shape index (κ2) is 12.5. The lowest BCUT2D eigenvalue weighted by molar-refractivity contribution is 0.620. The van der Waals surface area contributed by atoms with Crippen LogP contribution in [0.2, 0.25) is 0 Å². The van der Waals surface area contributed by atoms with Crippen LogP contribution in [0.3, 0.4) is 0 Å². The number of rotatable bonds is 7. The Balaban J connectivity index is 1.19. The van der Waals surface area contributed by atoms with E-state index in [0.29, 0.717) is 11.5 Å². The zero-order valence-electron chi connectivity index (χ0n) is 29.5. The van der Waals surface area contributed by atoms with Crippen LogP contribution in [0.5, 0.6) is 0 Å². The van der Waals surface area contributed by atoms with Crippen LogP contribution >= 0.6 is 0 Å². The summed E-state index contributed by atoms with van der Waals surface area (Å²) < 4.78 is 19.2. The van der Waals surface area contributed by atoms with Crippen LogP contribution in [0.15, 0.2) is 201 Å². The molecule has 0 aliphatic rings. The fourth-order valence-corrected chi connectivity index (χ4v) is 7.74. The minimum absolute atomic E-state index is 0.552. The number of oxazole rings is 1. The van der Waals surface area contributed by atoms with Crippen LogP contribution in [0, 0.1) is 0 Å². The molecule has 0 bridgehead atoms. The Morgan fingerprint density at radius 3 is 1.42 bits per heavy atom. The summed E-state index contributed by atoms with van der Waals surface area (Å²) in [5.41, 5.74) is 11.4. The van der Waals surface area contributed by atoms with Crippen LogP contribution in [-0.4, -0.2) is 4.98 Å². The summed E-state index contributed by atoms with van der Waals surface area (Å²) in [5.74, 6) is 0.552. The van der Waals surface area contributed by atoms with E-state index in [1.54, 1.807) is 0 Å². The van der Waals surface area contributed by atoms with Gasteiger partial charge in [0.1, 0.15) is 27.8 Å². The largest absolute Gasteiger partial charge is 0.456 e. The molecular weight excluding hydrogens is 679 g/mol. The minimum atomic E-state index is 0.552. The first-order chi connectivity index (χ1) is 27.2. The van der Waals surface area contributed by atoms with Crippen LogP contribution in [0.1, 0.15) is 0 Å². The minimum Gasteiger partial charge on any atom is -0.456 e. The summed E-state index contributed by atoms with van der Waals surface area (Å²) in [4.78, 5) is 9.75. The molecule has 0 aliphatic heterocycles. The van der Waals surface area contributed by atoms with Crippen molar-refractivity contribution in [3.05, 3.63) is 188 Å². The molecule has 0 saturated carbocycles. The molecule has 3 aromatic heterocycles. The van der Waals surface area contributed by atoms with Gasteiger partial charge in [-0.3, -0.25) is 0 Å². The van der Waals surface area contributed by atoms with E-state index in [0.717, 1.165) is 89.1 Å². The smallest absolute Gasteiger partial charge is 0.227 e. The lowest BCUT2D eigenvalue weighted by atomic mass is 10.1. The van der Waals surface area contributed by atoms with Crippen molar-refractivity contribution in [1.82, 2.24) is 4.98 Å². The molecule has 0 saturated heterocycles. The van der Waals surface area contributed by atoms with Gasteiger partial charge in [0.15, 0.2) is 5.58 Å². The Morgan fingerprint density at radius 1 is 0.327 bits per heavy atom. The van der Waals surface area contributed by atoms with E-state index in [-0.39, 0.29) is 0 Å². The van der Waals surface area contributed by atoms with Gasteiger partial charge in [-0.25, -0.2) is 4.98 Å². The third-order valence-corrected chi connectivity index (χ3v) is 10.2. The van der Waals surface area contributed by atoms with Gasteiger partial charge < -0.3 is 23.1 Å². The Hall–Kier alpha value is -7.57. The maximum atomic E-state index is 6.72. The van der Waals surface area contributed by atoms with Gasteiger partial charge in [0.05, 0.1) is 11.4 Å². The van der Waals surface area contributed by atoms with Crippen molar-refractivity contribution in [2.24, 2.45) is 0 Å². The van der Waals surface area contributed by atoms with Crippen molar-refractivity contribution in [2.75, 3.05) is 9.80 Å². The highest BCUT2D eigenvalue weighted by atomic mass is 16.3. The number of aromatic nitrogens is 1. The van der Waals surface area contributed by atoms with Gasteiger partial charge in [-0.05, 0) is 91.0 Å². The molecule has 0 amide bonds. The number of hydrogen-bond acceptors (Lipinski definition) is 6. The Bertz CT molecular complexity index is 3170. The summed E-state index contributed by atoms with van der Waals surface area (Å²) in [6.45, 7) is 0. The second-order valence-corrected chi connectivity index (χ2v) is 13.6. The third-order valence-electron chi connectivity index (χ3n) is 10.2. The van der Waals surface area contributed by atoms with Gasteiger partial charge in [-0.1, -0.05) is 91.0 Å². The maximum Gasteiger partial charge on any atom is 0.227 e. The second-order valence-electron chi connectivity index (χ2n) is 13.6. The predicted molar refractivity (Wildman–Crippen MR) is 223 cm³/mol. The molecule has 0 spiro atoms. The summed E-state index contributed by atoms with van der Waals surface area (Å²) in [5, 5.41) is 4.23. The molecule has 11 rings (SSSR count). The average Bonchev–Trinajstić information content (AvgIpc) is 3.96. The summed E-state index contributed by atoms with van der Waals surface area (Å²) in [7, 11) is 0. The van der Waals surface area contributed by atoms with E-state index in [1.165, 1.54) is 0 Å². The predicted octanol–water partition coefficient (Wildman–Crippen LogP) is 14.2. The Morgan fingerprint density at radius 2 is 0.818 bits per heavy atom. The molecule has 6 nitrogen and oxygen atoms in total. The standard InChI is InChI=1S/C49H31N3O3/c1-4-14-32(15-5-1)49-50-48-42(52(34-18-8-3-9-19-34)36-25-27-46-41(29-36)39-21-11-13-23-44(39)54-46)30-37(31-47(48)55-49)51(33-16-6-2-7-17-33)35-24-26-45-40(28-35)38-20-10-12-22-43(38)53-45/h1-31H. The molecule has 260 valence electrons. The van der Waals surface area contributed by atoms with Crippen LogP contribution in [-0.2, 0) is 0 Å². The van der Waals surface area contributed by atoms with Gasteiger partial charge in [0.25, 0.3) is 0 Å². The number of fused-ring (bicyclic) bond motifs is 7. The van der Waals surface area contributed by atoms with E-state index in [9.17, 15) is 0 Å². The monoisotopic (exact) mass is 709 g/mol. The molecule has 3 heterocycles. The van der Waals surface area contributed by atoms with Crippen molar-refractivity contribution in [1.29, 1.82) is 0 Å². The fourth-order valence-electron chi connectivity index (χ4n) is 7.74. The third kappa shape index (κ3) is 5.23. The van der Waals surface area contributed by atoms with Crippen molar-refractivity contribution in [3.63, 3.8) is 0 Å². The summed E-state index contributed by atoms with van der Waals surface area (Å²) in [6, 6.07) is 64.3. The zero-order valence-corrected chi connectivity index (χ0v) is 29.5. The van der Waals surface area contributed by atoms with E-state index in [1.807, 2.05) is 72.8 Å². The SMILES string of the molecule is c1ccc(-c2nc3c(N(c4ccccc4)c4ccc5oc6ccccc6c5c4)cc(N(c4ccccc4)c4ccc5oc6ccccc6c5c4)cc3o2)cc1. The van der Waals surface area contributed by atoms with Gasteiger partial charge in [0.2, 0.25) is 5.89 Å². The normalized spacial score (nSPS) is 11.6. The number of hydrogen-bond donors (Lipinski definition) is 0. The first kappa shape index (κ1) is 31.0. The molecule has 0 aliphatic carbocycles. The molecule has 0 atom stereocenters. The number of furan rings is 2. The van der Waals surface area contributed by atoms with E-state index >= 15 is 0 Å². The highest BCUT2D eigenvalue weighted by Gasteiger charge is 2.25. The molecule has 11 aromatic rings. The summed E-state index contributed by atoms with van der Waals surface area (Å²) in [6.07, 6.45) is 0. The van der Waals surface area contributed by atoms with Crippen LogP contribution in [0.25, 0.3) is 66.4 Å². The van der Waals surface area contributed by atoms with Gasteiger partial charge in [0, 0.05) is 55.9 Å². The number of para-hydroxylation sites is 4. The molecule has 0 fully saturated rings. The molecule has 0 radical (unpaired) electrons. The van der Waals surface area contributed by atoms with E-state index in [4.69, 9.17) is 18.2 Å².